The molecule has 1 fully saturated rings. The Morgan fingerprint density at radius 3 is 2.06 bits per heavy atom. The highest BCUT2D eigenvalue weighted by Gasteiger charge is 2.26. The van der Waals surface area contributed by atoms with Gasteiger partial charge in [0.1, 0.15) is 5.84 Å². The van der Waals surface area contributed by atoms with Crippen molar-refractivity contribution >= 4 is 23.8 Å². The lowest BCUT2D eigenvalue weighted by Gasteiger charge is -2.32. The van der Waals surface area contributed by atoms with Crippen LogP contribution in [-0.4, -0.2) is 55.0 Å². The first-order valence-corrected chi connectivity index (χ1v) is 11.9. The second-order valence-electron chi connectivity index (χ2n) is 8.79. The van der Waals surface area contributed by atoms with E-state index in [0.29, 0.717) is 30.6 Å². The molecule has 0 aromatic heterocycles. The molecule has 35 heavy (non-hydrogen) atoms. The number of ether oxygens (including phenoxy) is 2. The fraction of sp³-hybridized carbons (Fsp3) is 0.407. The van der Waals surface area contributed by atoms with Gasteiger partial charge in [0, 0.05) is 30.6 Å². The van der Waals surface area contributed by atoms with Crippen molar-refractivity contribution in [2.75, 3.05) is 20.2 Å². The number of methoxy groups -OCH3 is 1. The van der Waals surface area contributed by atoms with Crippen LogP contribution in [0.2, 0.25) is 0 Å². The number of piperidine rings is 1. The second kappa shape index (κ2) is 12.1. The minimum absolute atomic E-state index is 0.00476. The summed E-state index contributed by atoms with van der Waals surface area (Å²) < 4.78 is 9.89. The maximum absolute atomic E-state index is 13.0. The van der Waals surface area contributed by atoms with Gasteiger partial charge in [-0.1, -0.05) is 43.3 Å². The highest BCUT2D eigenvalue weighted by Crippen LogP contribution is 2.24. The standard InChI is InChI=1S/C27H33N3O5/c1-4-18(2)35-24(31)17-19-13-15-30(16-14-19)26(32)23-11-7-21(8-12-23)20-5-9-22(10-6-20)25(28)29-27(33)34-3/h5-12,18-19H,4,13-17H2,1-3H3,(H2,28,29,33)/t18-/m0/s1. The molecule has 2 aromatic carbocycles. The zero-order valence-corrected chi connectivity index (χ0v) is 20.5. The number of hydrogen-bond acceptors (Lipinski definition) is 6. The average molecular weight is 480 g/mol. The number of amidine groups is 1. The number of benzene rings is 2. The summed E-state index contributed by atoms with van der Waals surface area (Å²) in [6.45, 7) is 5.16. The smallest absolute Gasteiger partial charge is 0.412 e. The van der Waals surface area contributed by atoms with Gasteiger partial charge in [-0.2, -0.15) is 0 Å². The predicted octanol–water partition coefficient (Wildman–Crippen LogP) is 4.62. The summed E-state index contributed by atoms with van der Waals surface area (Å²) in [4.78, 5) is 38.1. The Bertz CT molecular complexity index is 1040. The molecule has 1 aliphatic rings. The zero-order valence-electron chi connectivity index (χ0n) is 20.5. The number of nitrogens with one attached hydrogen (secondary N) is 2. The summed E-state index contributed by atoms with van der Waals surface area (Å²) in [7, 11) is 1.25. The SMILES string of the molecule is CC[C@H](C)OC(=O)CC1CCN(C(=O)c2ccc(-c3ccc(C(=N)NC(=O)OC)cc3)cc2)CC1. The molecule has 3 rings (SSSR count). The van der Waals surface area contributed by atoms with Gasteiger partial charge in [0.25, 0.3) is 5.91 Å². The van der Waals surface area contributed by atoms with E-state index >= 15 is 0 Å². The van der Waals surface area contributed by atoms with Crippen LogP contribution in [0.4, 0.5) is 4.79 Å². The summed E-state index contributed by atoms with van der Waals surface area (Å²) in [5.74, 6) is 0.0601. The van der Waals surface area contributed by atoms with Gasteiger partial charge in [-0.25, -0.2) is 4.79 Å². The Hall–Kier alpha value is -3.68. The molecular weight excluding hydrogens is 446 g/mol. The molecular formula is C27H33N3O5. The third kappa shape index (κ3) is 7.15. The Morgan fingerprint density at radius 1 is 1.00 bits per heavy atom. The maximum atomic E-state index is 13.0. The van der Waals surface area contributed by atoms with E-state index in [1.807, 2.05) is 55.1 Å². The lowest BCUT2D eigenvalue weighted by atomic mass is 9.93. The molecule has 1 atom stereocenters. The number of carbonyl (C=O) groups excluding carboxylic acids is 3. The van der Waals surface area contributed by atoms with E-state index in [1.54, 1.807) is 12.1 Å². The molecule has 2 aromatic rings. The Morgan fingerprint density at radius 2 is 1.54 bits per heavy atom. The van der Waals surface area contributed by atoms with E-state index in [-0.39, 0.29) is 29.7 Å². The fourth-order valence-corrected chi connectivity index (χ4v) is 3.97. The molecule has 8 heteroatoms. The number of amides is 2. The van der Waals surface area contributed by atoms with E-state index in [9.17, 15) is 14.4 Å². The molecule has 0 spiro atoms. The van der Waals surface area contributed by atoms with Crippen LogP contribution in [0.25, 0.3) is 11.1 Å². The van der Waals surface area contributed by atoms with Crippen LogP contribution in [0, 0.1) is 11.3 Å². The molecule has 2 amide bonds. The van der Waals surface area contributed by atoms with Gasteiger partial charge in [-0.05, 0) is 55.4 Å². The van der Waals surface area contributed by atoms with Crippen LogP contribution < -0.4 is 5.32 Å². The second-order valence-corrected chi connectivity index (χ2v) is 8.79. The van der Waals surface area contributed by atoms with E-state index in [2.05, 4.69) is 10.1 Å². The van der Waals surface area contributed by atoms with Crippen LogP contribution in [0.1, 0.15) is 55.5 Å². The molecule has 186 valence electrons. The molecule has 1 aliphatic heterocycles. The minimum atomic E-state index is -0.687. The van der Waals surface area contributed by atoms with Crippen LogP contribution in [-0.2, 0) is 14.3 Å². The van der Waals surface area contributed by atoms with Gasteiger partial charge in [0.2, 0.25) is 0 Å². The average Bonchev–Trinajstić information content (AvgIpc) is 2.88. The first-order valence-electron chi connectivity index (χ1n) is 11.9. The maximum Gasteiger partial charge on any atom is 0.412 e. The Balaban J connectivity index is 1.53. The van der Waals surface area contributed by atoms with Gasteiger partial charge >= 0.3 is 12.1 Å². The number of nitrogens with zero attached hydrogens (tertiary/aromatic N) is 1. The largest absolute Gasteiger partial charge is 0.463 e. The summed E-state index contributed by atoms with van der Waals surface area (Å²) in [6.07, 6.45) is 2.08. The van der Waals surface area contributed by atoms with E-state index in [1.165, 1.54) is 7.11 Å². The van der Waals surface area contributed by atoms with Crippen molar-refractivity contribution in [1.82, 2.24) is 10.2 Å². The fourth-order valence-electron chi connectivity index (χ4n) is 3.97. The third-order valence-electron chi connectivity index (χ3n) is 6.32. The van der Waals surface area contributed by atoms with Gasteiger partial charge < -0.3 is 14.4 Å². The normalized spacial score (nSPS) is 14.7. The van der Waals surface area contributed by atoms with Crippen molar-refractivity contribution in [3.63, 3.8) is 0 Å². The van der Waals surface area contributed by atoms with Crippen molar-refractivity contribution in [3.05, 3.63) is 59.7 Å². The van der Waals surface area contributed by atoms with Gasteiger partial charge in [-0.3, -0.25) is 20.3 Å². The van der Waals surface area contributed by atoms with Gasteiger partial charge in [0.15, 0.2) is 0 Å². The lowest BCUT2D eigenvalue weighted by Crippen LogP contribution is -2.39. The number of alkyl carbamates (subject to hydrolysis) is 1. The van der Waals surface area contributed by atoms with Crippen LogP contribution in [0.5, 0.6) is 0 Å². The molecule has 8 nitrogen and oxygen atoms in total. The molecule has 1 heterocycles. The third-order valence-corrected chi connectivity index (χ3v) is 6.32. The van der Waals surface area contributed by atoms with Crippen molar-refractivity contribution in [1.29, 1.82) is 5.41 Å². The minimum Gasteiger partial charge on any atom is -0.463 e. The topological polar surface area (TPSA) is 109 Å². The molecule has 0 aliphatic carbocycles. The monoisotopic (exact) mass is 479 g/mol. The summed E-state index contributed by atoms with van der Waals surface area (Å²) in [5.41, 5.74) is 3.06. The summed E-state index contributed by atoms with van der Waals surface area (Å²) in [6, 6.07) is 14.7. The number of esters is 1. The molecule has 0 bridgehead atoms. The van der Waals surface area contributed by atoms with Crippen molar-refractivity contribution in [2.45, 2.75) is 45.6 Å². The van der Waals surface area contributed by atoms with Gasteiger partial charge in [-0.15, -0.1) is 0 Å². The quantitative estimate of drug-likeness (QED) is 0.342. The molecule has 0 saturated carbocycles. The van der Waals surface area contributed by atoms with Crippen molar-refractivity contribution in [2.24, 2.45) is 5.92 Å². The van der Waals surface area contributed by atoms with Crippen LogP contribution in [0.15, 0.2) is 48.5 Å². The number of likely N-dealkylation sites (tertiary alicyclic amines) is 1. The molecule has 1 saturated heterocycles. The van der Waals surface area contributed by atoms with E-state index in [4.69, 9.17) is 10.1 Å². The van der Waals surface area contributed by atoms with E-state index < -0.39 is 6.09 Å². The van der Waals surface area contributed by atoms with E-state index in [0.717, 1.165) is 30.4 Å². The number of hydrogen-bond donors (Lipinski definition) is 2. The highest BCUT2D eigenvalue weighted by molar-refractivity contribution is 6.04. The van der Waals surface area contributed by atoms with Crippen molar-refractivity contribution < 1.29 is 23.9 Å². The van der Waals surface area contributed by atoms with Crippen LogP contribution in [0.3, 0.4) is 0 Å². The Kier molecular flexibility index (Phi) is 9.00. The predicted molar refractivity (Wildman–Crippen MR) is 133 cm³/mol. The Labute approximate surface area is 206 Å². The van der Waals surface area contributed by atoms with Crippen LogP contribution >= 0.6 is 0 Å². The lowest BCUT2D eigenvalue weighted by molar-refractivity contribution is -0.149. The first-order chi connectivity index (χ1) is 16.8. The zero-order chi connectivity index (χ0) is 25.4. The van der Waals surface area contributed by atoms with Crippen molar-refractivity contribution in [3.8, 4) is 11.1 Å². The molecule has 0 unspecified atom stereocenters. The molecule has 0 radical (unpaired) electrons. The van der Waals surface area contributed by atoms with Gasteiger partial charge in [0.05, 0.1) is 13.2 Å². The number of rotatable bonds is 7. The summed E-state index contributed by atoms with van der Waals surface area (Å²) in [5, 5.41) is 10.2. The molecule has 2 N–H and O–H groups in total. The number of carbonyl (C=O) groups is 3. The first kappa shape index (κ1) is 25.9. The highest BCUT2D eigenvalue weighted by atomic mass is 16.5. The summed E-state index contributed by atoms with van der Waals surface area (Å²) >= 11 is 0.